The van der Waals surface area contributed by atoms with E-state index in [1.807, 2.05) is 17.8 Å². The second-order valence-electron chi connectivity index (χ2n) is 6.50. The van der Waals surface area contributed by atoms with Crippen molar-refractivity contribution < 1.29 is 4.90 Å². The first-order valence-corrected chi connectivity index (χ1v) is 10.5. The topological polar surface area (TPSA) is 31.7 Å². The van der Waals surface area contributed by atoms with E-state index in [4.69, 9.17) is 12.2 Å². The van der Waals surface area contributed by atoms with Gasteiger partial charge in [0.2, 0.25) is 0 Å². The number of hydrogen-bond acceptors (Lipinski definition) is 3. The fourth-order valence-electron chi connectivity index (χ4n) is 3.00. The van der Waals surface area contributed by atoms with Crippen molar-refractivity contribution in [3.05, 3.63) is 54.6 Å². The number of thiocarbonyl (C=S) groups is 1. The monoisotopic (exact) mass is 387 g/mol. The maximum absolute atomic E-state index is 5.49. The van der Waals surface area contributed by atoms with E-state index in [1.165, 1.54) is 23.7 Å². The van der Waals surface area contributed by atoms with Crippen LogP contribution in [0.25, 0.3) is 0 Å². The van der Waals surface area contributed by atoms with Gasteiger partial charge in [0.15, 0.2) is 5.11 Å². The molecule has 2 aromatic carbocycles. The molecule has 0 radical (unpaired) electrons. The van der Waals surface area contributed by atoms with Gasteiger partial charge in [0.25, 0.3) is 0 Å². The summed E-state index contributed by atoms with van der Waals surface area (Å²) in [6.07, 6.45) is 0. The van der Waals surface area contributed by atoms with Gasteiger partial charge in [-0.05, 0) is 36.5 Å². The first-order chi connectivity index (χ1) is 12.7. The Balaban J connectivity index is 1.48. The summed E-state index contributed by atoms with van der Waals surface area (Å²) < 4.78 is 0. The third-order valence-electron chi connectivity index (χ3n) is 4.51. The first kappa shape index (κ1) is 19.0. The molecule has 1 fully saturated rings. The molecule has 138 valence electrons. The van der Waals surface area contributed by atoms with Crippen LogP contribution in [0.15, 0.2) is 59.5 Å². The van der Waals surface area contributed by atoms with Crippen LogP contribution in [0, 0.1) is 0 Å². The molecule has 0 saturated carbocycles. The van der Waals surface area contributed by atoms with Crippen molar-refractivity contribution in [1.29, 1.82) is 0 Å². The molecule has 1 aliphatic heterocycles. The van der Waals surface area contributed by atoms with Gasteiger partial charge >= 0.3 is 0 Å². The van der Waals surface area contributed by atoms with Crippen molar-refractivity contribution in [3.63, 3.8) is 0 Å². The quantitative estimate of drug-likeness (QED) is 0.402. The lowest BCUT2D eigenvalue weighted by molar-refractivity contribution is -0.880. The van der Waals surface area contributed by atoms with Crippen LogP contribution in [0.1, 0.15) is 0 Å². The van der Waals surface area contributed by atoms with Crippen LogP contribution in [-0.2, 0) is 0 Å². The molecule has 0 unspecified atom stereocenters. The highest BCUT2D eigenvalue weighted by atomic mass is 32.2. The zero-order valence-corrected chi connectivity index (χ0v) is 16.8. The second kappa shape index (κ2) is 9.80. The fraction of sp³-hybridized carbons (Fsp3) is 0.350. The van der Waals surface area contributed by atoms with E-state index in [9.17, 15) is 0 Å². The van der Waals surface area contributed by atoms with Crippen LogP contribution in [0.2, 0.25) is 0 Å². The Labute approximate surface area is 166 Å². The number of piperazine rings is 1. The van der Waals surface area contributed by atoms with Gasteiger partial charge in [-0.25, -0.2) is 0 Å². The lowest BCUT2D eigenvalue weighted by atomic mass is 10.2. The Hall–Kier alpha value is -1.76. The Morgan fingerprint density at radius 2 is 1.77 bits per heavy atom. The Morgan fingerprint density at radius 3 is 2.54 bits per heavy atom. The number of rotatable bonds is 6. The molecule has 6 heteroatoms. The molecule has 0 atom stereocenters. The largest absolute Gasteiger partial charge is 0.362 e. The molecule has 0 amide bonds. The zero-order chi connectivity index (χ0) is 18.2. The minimum Gasteiger partial charge on any atom is -0.362 e. The third kappa shape index (κ3) is 5.62. The summed E-state index contributed by atoms with van der Waals surface area (Å²) in [5.41, 5.74) is 2.32. The van der Waals surface area contributed by atoms with Crippen molar-refractivity contribution in [1.82, 2.24) is 5.32 Å². The van der Waals surface area contributed by atoms with Gasteiger partial charge in [-0.3, -0.25) is 0 Å². The van der Waals surface area contributed by atoms with Gasteiger partial charge in [0, 0.05) is 17.2 Å². The Kier molecular flexibility index (Phi) is 7.17. The SMILES string of the molecule is C[NH+]1CCN(c2ccccc2NC(=S)NCCSc2ccccc2)CC1. The number of nitrogens with zero attached hydrogens (tertiary/aromatic N) is 1. The number of benzene rings is 2. The molecule has 2 aromatic rings. The highest BCUT2D eigenvalue weighted by Crippen LogP contribution is 2.25. The predicted octanol–water partition coefficient (Wildman–Crippen LogP) is 2.10. The summed E-state index contributed by atoms with van der Waals surface area (Å²) in [5.74, 6) is 0.981. The van der Waals surface area contributed by atoms with Crippen molar-refractivity contribution in [3.8, 4) is 0 Å². The molecule has 1 saturated heterocycles. The van der Waals surface area contributed by atoms with Crippen molar-refractivity contribution in [2.75, 3.05) is 55.7 Å². The van der Waals surface area contributed by atoms with E-state index in [0.29, 0.717) is 5.11 Å². The maximum atomic E-state index is 5.49. The first-order valence-electron chi connectivity index (χ1n) is 9.10. The van der Waals surface area contributed by atoms with Crippen molar-refractivity contribution in [2.24, 2.45) is 0 Å². The van der Waals surface area contributed by atoms with Crippen LogP contribution < -0.4 is 20.4 Å². The highest BCUT2D eigenvalue weighted by Gasteiger charge is 2.19. The van der Waals surface area contributed by atoms with E-state index in [1.54, 1.807) is 4.90 Å². The number of thioether (sulfide) groups is 1. The summed E-state index contributed by atoms with van der Waals surface area (Å²) in [4.78, 5) is 5.33. The second-order valence-corrected chi connectivity index (χ2v) is 8.08. The van der Waals surface area contributed by atoms with E-state index in [0.717, 1.165) is 31.1 Å². The zero-order valence-electron chi connectivity index (χ0n) is 15.2. The summed E-state index contributed by atoms with van der Waals surface area (Å²) in [5, 5.41) is 7.38. The maximum Gasteiger partial charge on any atom is 0.170 e. The van der Waals surface area contributed by atoms with Gasteiger partial charge in [-0.2, -0.15) is 0 Å². The molecule has 0 spiro atoms. The molecule has 1 heterocycles. The summed E-state index contributed by atoms with van der Waals surface area (Å²) in [6.45, 7) is 5.35. The minimum atomic E-state index is 0.686. The predicted molar refractivity (Wildman–Crippen MR) is 117 cm³/mol. The Bertz CT molecular complexity index is 700. The number of para-hydroxylation sites is 2. The van der Waals surface area contributed by atoms with Gasteiger partial charge in [0.05, 0.1) is 44.6 Å². The normalized spacial score (nSPS) is 14.9. The molecular formula is C20H27N4S2+. The number of anilines is 2. The number of likely N-dealkylation sites (N-methyl/N-ethyl adjacent to an activating group) is 1. The van der Waals surface area contributed by atoms with E-state index < -0.39 is 0 Å². The molecule has 26 heavy (non-hydrogen) atoms. The third-order valence-corrected chi connectivity index (χ3v) is 5.77. The molecule has 3 N–H and O–H groups in total. The van der Waals surface area contributed by atoms with Gasteiger partial charge in [-0.15, -0.1) is 11.8 Å². The Morgan fingerprint density at radius 1 is 1.08 bits per heavy atom. The van der Waals surface area contributed by atoms with Crippen LogP contribution in [0.3, 0.4) is 0 Å². The fourth-order valence-corrected chi connectivity index (χ4v) is 4.00. The van der Waals surface area contributed by atoms with Crippen molar-refractivity contribution >= 4 is 40.5 Å². The van der Waals surface area contributed by atoms with Crippen LogP contribution in [-0.4, -0.2) is 50.6 Å². The van der Waals surface area contributed by atoms with Gasteiger partial charge in [0.1, 0.15) is 0 Å². The number of nitrogens with one attached hydrogen (secondary N) is 3. The standard InChI is InChI=1S/C20H26N4S2/c1-23-12-14-24(15-13-23)19-10-6-5-9-18(19)22-20(25)21-11-16-26-17-7-3-2-4-8-17/h2-10H,11-16H2,1H3,(H2,21,22,25)/p+1. The van der Waals surface area contributed by atoms with Crippen LogP contribution in [0.4, 0.5) is 11.4 Å². The average molecular weight is 388 g/mol. The smallest absolute Gasteiger partial charge is 0.170 e. The van der Waals surface area contributed by atoms with Gasteiger partial charge < -0.3 is 20.4 Å². The van der Waals surface area contributed by atoms with E-state index in [2.05, 4.69) is 71.1 Å². The molecule has 3 rings (SSSR count). The lowest BCUT2D eigenvalue weighted by Crippen LogP contribution is -3.12. The molecule has 0 aliphatic carbocycles. The molecule has 1 aliphatic rings. The lowest BCUT2D eigenvalue weighted by Gasteiger charge is -2.33. The summed E-state index contributed by atoms with van der Waals surface area (Å²) in [6, 6.07) is 18.9. The summed E-state index contributed by atoms with van der Waals surface area (Å²) in [7, 11) is 2.26. The molecular weight excluding hydrogens is 360 g/mol. The molecule has 0 aromatic heterocycles. The van der Waals surface area contributed by atoms with Crippen LogP contribution in [0.5, 0.6) is 0 Å². The number of hydrogen-bond donors (Lipinski definition) is 3. The van der Waals surface area contributed by atoms with E-state index >= 15 is 0 Å². The molecule has 4 nitrogen and oxygen atoms in total. The summed E-state index contributed by atoms with van der Waals surface area (Å²) >= 11 is 7.33. The molecule has 0 bridgehead atoms. The van der Waals surface area contributed by atoms with Crippen molar-refractivity contribution in [2.45, 2.75) is 4.90 Å². The van der Waals surface area contributed by atoms with Crippen LogP contribution >= 0.6 is 24.0 Å². The number of quaternary nitrogens is 1. The minimum absolute atomic E-state index is 0.686. The van der Waals surface area contributed by atoms with E-state index in [-0.39, 0.29) is 0 Å². The van der Waals surface area contributed by atoms with Gasteiger partial charge in [-0.1, -0.05) is 30.3 Å². The highest BCUT2D eigenvalue weighted by molar-refractivity contribution is 7.99. The average Bonchev–Trinajstić information content (AvgIpc) is 2.67.